The number of benzene rings is 12. The minimum atomic E-state index is -0.108. The highest BCUT2D eigenvalue weighted by molar-refractivity contribution is 6.23. The second-order valence-electron chi connectivity index (χ2n) is 58.4. The maximum atomic E-state index is 4.59. The lowest BCUT2D eigenvalue weighted by molar-refractivity contribution is -0.00507. The van der Waals surface area contributed by atoms with E-state index in [-0.39, 0.29) is 43.3 Å². The number of nitrogens with one attached hydrogen (secondary N) is 1. The first-order chi connectivity index (χ1) is 67.1. The Labute approximate surface area is 856 Å². The molecular formula is C140H168N2. The maximum absolute atomic E-state index is 4.59. The van der Waals surface area contributed by atoms with Crippen LogP contribution in [0.5, 0.6) is 0 Å². The summed E-state index contributed by atoms with van der Waals surface area (Å²) in [4.78, 5) is 2.95. The Bertz CT molecular complexity index is 6390. The smallest absolute Gasteiger partial charge is 0.0620 e. The van der Waals surface area contributed by atoms with Crippen LogP contribution in [-0.2, 0) is 43.3 Å². The molecule has 16 saturated carbocycles. The lowest BCUT2D eigenvalue weighted by atomic mass is 9.49. The van der Waals surface area contributed by atoms with Crippen LogP contribution < -0.4 is 10.2 Å². The Balaban J connectivity index is 0.784. The molecule has 28 rings (SSSR count). The molecule has 16 aliphatic carbocycles. The van der Waals surface area contributed by atoms with Crippen LogP contribution in [0.3, 0.4) is 0 Å². The number of hydrogen-bond donors (Lipinski definition) is 1. The zero-order chi connectivity index (χ0) is 98.8. The molecule has 142 heavy (non-hydrogen) atoms. The Morgan fingerprint density at radius 2 is 0.423 bits per heavy atom. The molecule has 16 bridgehead atoms. The van der Waals surface area contributed by atoms with E-state index in [4.69, 9.17) is 0 Å². The van der Waals surface area contributed by atoms with Gasteiger partial charge in [-0.2, -0.15) is 0 Å². The molecule has 0 unspecified atom stereocenters. The first kappa shape index (κ1) is 95.0. The molecule has 0 heterocycles. The van der Waals surface area contributed by atoms with Gasteiger partial charge in [-0.15, -0.1) is 0 Å². The molecule has 12 aromatic rings. The zero-order valence-electron chi connectivity index (χ0n) is 91.3. The number of hydrogen-bond acceptors (Lipinski definition) is 2. The van der Waals surface area contributed by atoms with Crippen molar-refractivity contribution in [1.29, 1.82) is 0 Å². The zero-order valence-corrected chi connectivity index (χ0v) is 91.3. The molecule has 1 N–H and O–H groups in total. The van der Waals surface area contributed by atoms with Gasteiger partial charge in [-0.3, -0.25) is 0 Å². The van der Waals surface area contributed by atoms with E-state index in [0.717, 1.165) is 82.4 Å². The van der Waals surface area contributed by atoms with E-state index in [1.165, 1.54) is 278 Å². The molecule has 12 aromatic carbocycles. The maximum Gasteiger partial charge on any atom is 0.0620 e. The number of nitrogens with zero attached hydrogens (tertiary/aromatic N) is 1. The van der Waals surface area contributed by atoms with Gasteiger partial charge in [-0.25, -0.2) is 0 Å². The van der Waals surface area contributed by atoms with Gasteiger partial charge in [0.25, 0.3) is 0 Å². The monoisotopic (exact) mass is 1880 g/mol. The normalized spacial score (nSPS) is 28.1. The van der Waals surface area contributed by atoms with Gasteiger partial charge in [0, 0.05) is 38.6 Å². The molecule has 0 spiro atoms. The lowest BCUT2D eigenvalue weighted by Crippen LogP contribution is -2.44. The van der Waals surface area contributed by atoms with Gasteiger partial charge in [0.15, 0.2) is 0 Å². The minimum Gasteiger partial charge on any atom is -0.354 e. The summed E-state index contributed by atoms with van der Waals surface area (Å²) < 4.78 is 0. The van der Waals surface area contributed by atoms with Crippen molar-refractivity contribution in [3.05, 3.63) is 279 Å². The number of fused-ring (bicyclic) bond motifs is 2. The topological polar surface area (TPSA) is 15.3 Å². The highest BCUT2D eigenvalue weighted by atomic mass is 15.1. The molecule has 0 aliphatic heterocycles. The van der Waals surface area contributed by atoms with Gasteiger partial charge in [0.1, 0.15) is 0 Å². The molecule has 2 nitrogen and oxygen atoms in total. The van der Waals surface area contributed by atoms with Gasteiger partial charge in [-0.1, -0.05) is 324 Å². The van der Waals surface area contributed by atoms with E-state index < -0.39 is 0 Å². The third kappa shape index (κ3) is 17.7. The van der Waals surface area contributed by atoms with Crippen molar-refractivity contribution in [2.45, 2.75) is 362 Å². The van der Waals surface area contributed by atoms with Crippen LogP contribution >= 0.6 is 0 Å². The van der Waals surface area contributed by atoms with Crippen molar-refractivity contribution in [2.24, 2.45) is 94.7 Å². The molecule has 16 fully saturated rings. The molecular weight excluding hydrogens is 1710 g/mol. The summed E-state index contributed by atoms with van der Waals surface area (Å²) in [5.41, 5.74) is 38.2. The molecule has 0 aromatic heterocycles. The fourth-order valence-electron chi connectivity index (χ4n) is 33.1. The minimum absolute atomic E-state index is 0.0840. The third-order valence-electron chi connectivity index (χ3n) is 39.8. The molecule has 0 saturated heterocycles. The van der Waals surface area contributed by atoms with Crippen LogP contribution in [0.15, 0.2) is 212 Å². The second kappa shape index (κ2) is 34.2. The standard InChI is InChI=1S/C140H168N2/c1-133(2,3)112-61-96(62-113(76-112)134(4,5)6)92-55-93(97-63-114(135(7,8)9)77-115(64-97)136(10,11)12)70-120(69-92)141-131-123-27-25-26-28-125(123)132(126-75-90(33-34-124(126)131)88-29-31-89(32-30-88)91-57-108(127-100-39-80-35-81(41-100)42-101(127)40-80)59-109(58-91)128-102-43-82-36-83(45-102)46-103(128)44-82)142(122-73-110(129-104-47-84-37-85(49-104)50-105(129)48-84)60-111(74-122)130-106-51-86-38-87(53-106)54-107(130)52-86)121-71-94(98-65-116(137(13,14)15)78-117(66-98)138(16,17)18)56-95(72-121)99-67-118(139(19,20)21)79-119(68-99)140(22,23)24/h25-34,55-87,100-107,127-130,141H,35-54H2,1-24H3. The Kier molecular flexibility index (Phi) is 22.9. The second-order valence-corrected chi connectivity index (χ2v) is 58.4. The highest BCUT2D eigenvalue weighted by Gasteiger charge is 2.55. The van der Waals surface area contributed by atoms with Crippen LogP contribution in [0, 0.1) is 94.7 Å². The predicted octanol–water partition coefficient (Wildman–Crippen LogP) is 39.7. The van der Waals surface area contributed by atoms with Crippen LogP contribution in [-0.4, -0.2) is 0 Å². The summed E-state index contributed by atoms with van der Waals surface area (Å²) >= 11 is 0. The first-order valence-electron chi connectivity index (χ1n) is 57.1. The van der Waals surface area contributed by atoms with E-state index in [1.54, 1.807) is 22.3 Å². The van der Waals surface area contributed by atoms with Crippen molar-refractivity contribution in [2.75, 3.05) is 10.2 Å². The fraction of sp³-hybridized carbons (Fsp3) is 0.514. The van der Waals surface area contributed by atoms with Crippen LogP contribution in [0.1, 0.15) is 385 Å². The van der Waals surface area contributed by atoms with Crippen molar-refractivity contribution < 1.29 is 0 Å². The third-order valence-corrected chi connectivity index (χ3v) is 39.8. The molecule has 2 heteroatoms. The molecule has 16 aliphatic rings. The highest BCUT2D eigenvalue weighted by Crippen LogP contribution is 2.67. The Hall–Kier alpha value is -9.24. The van der Waals surface area contributed by atoms with Crippen LogP contribution in [0.2, 0.25) is 0 Å². The van der Waals surface area contributed by atoms with Crippen molar-refractivity contribution in [3.8, 4) is 66.8 Å². The van der Waals surface area contributed by atoms with E-state index in [9.17, 15) is 0 Å². The van der Waals surface area contributed by atoms with Crippen LogP contribution in [0.4, 0.5) is 28.4 Å². The molecule has 0 radical (unpaired) electrons. The van der Waals surface area contributed by atoms with Gasteiger partial charge in [0.05, 0.1) is 11.4 Å². The quantitative estimate of drug-likeness (QED) is 0.0813. The summed E-state index contributed by atoms with van der Waals surface area (Å²) in [6.07, 6.45) is 28.6. The fourth-order valence-corrected chi connectivity index (χ4v) is 33.1. The van der Waals surface area contributed by atoms with Gasteiger partial charge in [0.2, 0.25) is 0 Å². The summed E-state index contributed by atoms with van der Waals surface area (Å²) in [6, 6.07) is 91.0. The van der Waals surface area contributed by atoms with E-state index >= 15 is 0 Å². The first-order valence-corrected chi connectivity index (χ1v) is 57.1. The van der Waals surface area contributed by atoms with Gasteiger partial charge >= 0.3 is 0 Å². The largest absolute Gasteiger partial charge is 0.354 e. The number of rotatable bonds is 15. The lowest BCUT2D eigenvalue weighted by Gasteiger charge is -2.56. The molecule has 0 atom stereocenters. The van der Waals surface area contributed by atoms with Crippen LogP contribution in [0.25, 0.3) is 88.3 Å². The van der Waals surface area contributed by atoms with E-state index in [1.807, 2.05) is 0 Å². The summed E-state index contributed by atoms with van der Waals surface area (Å²) in [5, 5.41) is 9.51. The summed E-state index contributed by atoms with van der Waals surface area (Å²) in [5.74, 6) is 15.9. The SMILES string of the molecule is CC(C)(C)c1cc(-c2cc(Nc3c4ccccc4c(N(c4cc(-c5cc(C(C)(C)C)cc(C(C)(C)C)c5)cc(-c5cc(C(C)(C)C)cc(C(C)(C)C)c5)c4)c4cc(C5C6CC7CC(C6)CC5C7)cc(C5C6CC7CC(C6)CC5C7)c4)c4cc(-c5ccc(-c6cc(C7C8CC9CC(C8)CC7C9)cc(C7C8CC9CC(C8)CC7C9)c6)cc5)ccc34)cc(-c3cc(C(C)(C)C)cc(C(C)(C)C)c3)c2)cc(C(C)(C)C)c1. The number of anilines is 5. The summed E-state index contributed by atoms with van der Waals surface area (Å²) in [6.45, 7) is 57.9. The van der Waals surface area contributed by atoms with Gasteiger partial charge in [-0.05, 0) is 478 Å². The Morgan fingerprint density at radius 1 is 0.190 bits per heavy atom. The molecule has 738 valence electrons. The van der Waals surface area contributed by atoms with Crippen molar-refractivity contribution >= 4 is 50.0 Å². The predicted molar refractivity (Wildman–Crippen MR) is 607 cm³/mol. The average Bonchev–Trinajstić information content (AvgIpc) is 0.718. The van der Waals surface area contributed by atoms with E-state index in [2.05, 4.69) is 389 Å². The summed E-state index contributed by atoms with van der Waals surface area (Å²) in [7, 11) is 0. The van der Waals surface area contributed by atoms with Crippen molar-refractivity contribution in [1.82, 2.24) is 0 Å². The Morgan fingerprint density at radius 3 is 0.711 bits per heavy atom. The van der Waals surface area contributed by atoms with Crippen molar-refractivity contribution in [3.63, 3.8) is 0 Å². The van der Waals surface area contributed by atoms with Gasteiger partial charge < -0.3 is 10.2 Å². The molecule has 0 amide bonds. The average molecular weight is 1880 g/mol. The van der Waals surface area contributed by atoms with E-state index in [0.29, 0.717) is 47.3 Å².